The van der Waals surface area contributed by atoms with Gasteiger partial charge in [-0.15, -0.1) is 0 Å². The molecular weight excluding hydrogens is 229 g/mol. The maximum Gasteiger partial charge on any atom is 0.125 e. The summed E-state index contributed by atoms with van der Waals surface area (Å²) < 4.78 is 29.3. The van der Waals surface area contributed by atoms with E-state index in [1.54, 1.807) is 13.2 Å². The van der Waals surface area contributed by atoms with Gasteiger partial charge in [-0.2, -0.15) is 0 Å². The van der Waals surface area contributed by atoms with E-state index in [1.165, 1.54) is 12.1 Å². The van der Waals surface area contributed by atoms with Crippen LogP contribution in [0.15, 0.2) is 18.2 Å². The fourth-order valence-corrected chi connectivity index (χ4v) is 2.50. The zero-order valence-electron chi connectivity index (χ0n) is 9.24. The number of hydrogen-bond donors (Lipinski definition) is 1. The summed E-state index contributed by atoms with van der Waals surface area (Å²) in [4.78, 5) is 0. The molecule has 0 aliphatic carbocycles. The summed E-state index contributed by atoms with van der Waals surface area (Å²) in [5, 5.41) is 0. The van der Waals surface area contributed by atoms with Gasteiger partial charge in [0.1, 0.15) is 5.82 Å². The van der Waals surface area contributed by atoms with Crippen LogP contribution < -0.4 is 5.73 Å². The molecule has 0 fully saturated rings. The SMILES string of the molecule is COCCCS(=O)Cc1ccc(F)cc1N. The maximum atomic E-state index is 12.8. The lowest BCUT2D eigenvalue weighted by Gasteiger charge is -2.05. The first-order valence-corrected chi connectivity index (χ1v) is 6.50. The molecule has 1 unspecified atom stereocenters. The third-order valence-corrected chi connectivity index (χ3v) is 3.52. The Kier molecular flexibility index (Phi) is 5.42. The van der Waals surface area contributed by atoms with Crippen LogP contribution in [-0.2, 0) is 21.3 Å². The van der Waals surface area contributed by atoms with Crippen molar-refractivity contribution in [1.29, 1.82) is 0 Å². The van der Waals surface area contributed by atoms with Gasteiger partial charge in [0.2, 0.25) is 0 Å². The van der Waals surface area contributed by atoms with Gasteiger partial charge >= 0.3 is 0 Å². The van der Waals surface area contributed by atoms with Gasteiger partial charge in [0.05, 0.1) is 5.75 Å². The van der Waals surface area contributed by atoms with Crippen LogP contribution >= 0.6 is 0 Å². The van der Waals surface area contributed by atoms with Crippen molar-refractivity contribution in [3.05, 3.63) is 29.6 Å². The quantitative estimate of drug-likeness (QED) is 0.613. The van der Waals surface area contributed by atoms with Gasteiger partial charge in [-0.05, 0) is 24.1 Å². The molecule has 0 saturated heterocycles. The monoisotopic (exact) mass is 245 g/mol. The van der Waals surface area contributed by atoms with E-state index in [9.17, 15) is 8.60 Å². The van der Waals surface area contributed by atoms with Crippen LogP contribution in [0.4, 0.5) is 10.1 Å². The van der Waals surface area contributed by atoms with Crippen LogP contribution in [-0.4, -0.2) is 23.7 Å². The molecule has 90 valence electrons. The highest BCUT2D eigenvalue weighted by Gasteiger charge is 2.05. The van der Waals surface area contributed by atoms with Crippen LogP contribution in [0.1, 0.15) is 12.0 Å². The predicted octanol–water partition coefficient (Wildman–Crippen LogP) is 1.69. The Morgan fingerprint density at radius 3 is 2.88 bits per heavy atom. The Bertz CT molecular complexity index is 371. The van der Waals surface area contributed by atoms with E-state index in [-0.39, 0.29) is 5.82 Å². The number of anilines is 1. The van der Waals surface area contributed by atoms with E-state index < -0.39 is 10.8 Å². The third-order valence-electron chi connectivity index (χ3n) is 2.14. The van der Waals surface area contributed by atoms with Crippen LogP contribution in [0.25, 0.3) is 0 Å². The summed E-state index contributed by atoms with van der Waals surface area (Å²) in [6.07, 6.45) is 0.754. The van der Waals surface area contributed by atoms with Gasteiger partial charge in [-0.1, -0.05) is 6.07 Å². The highest BCUT2D eigenvalue weighted by atomic mass is 32.2. The van der Waals surface area contributed by atoms with Gasteiger partial charge in [-0.3, -0.25) is 4.21 Å². The molecule has 0 heterocycles. The fourth-order valence-electron chi connectivity index (χ4n) is 1.31. The van der Waals surface area contributed by atoms with Crippen molar-refractivity contribution in [1.82, 2.24) is 0 Å². The van der Waals surface area contributed by atoms with Crippen LogP contribution in [0.5, 0.6) is 0 Å². The number of benzene rings is 1. The minimum Gasteiger partial charge on any atom is -0.398 e. The Labute approximate surface area is 97.2 Å². The molecule has 1 aromatic carbocycles. The van der Waals surface area contributed by atoms with E-state index in [4.69, 9.17) is 10.5 Å². The van der Waals surface area contributed by atoms with Gasteiger partial charge < -0.3 is 10.5 Å². The number of nitrogen functional groups attached to an aromatic ring is 1. The molecule has 0 aliphatic heterocycles. The number of halogens is 1. The molecule has 0 bridgehead atoms. The molecule has 3 nitrogen and oxygen atoms in total. The summed E-state index contributed by atoms with van der Waals surface area (Å²) in [5.41, 5.74) is 6.72. The largest absolute Gasteiger partial charge is 0.398 e. The van der Waals surface area contributed by atoms with Crippen LogP contribution in [0.2, 0.25) is 0 Å². The summed E-state index contributed by atoms with van der Waals surface area (Å²) in [6.45, 7) is 0.602. The number of ether oxygens (including phenoxy) is 1. The molecule has 5 heteroatoms. The summed E-state index contributed by atoms with van der Waals surface area (Å²) in [5.74, 6) is 0.576. The normalized spacial score (nSPS) is 12.6. The van der Waals surface area contributed by atoms with Crippen molar-refractivity contribution < 1.29 is 13.3 Å². The molecule has 2 N–H and O–H groups in total. The Balaban J connectivity index is 2.49. The van der Waals surface area contributed by atoms with E-state index in [1.807, 2.05) is 0 Å². The number of nitrogens with two attached hydrogens (primary N) is 1. The first kappa shape index (κ1) is 13.1. The number of rotatable bonds is 6. The van der Waals surface area contributed by atoms with Crippen molar-refractivity contribution in [3.8, 4) is 0 Å². The summed E-state index contributed by atoms with van der Waals surface area (Å²) in [6, 6.07) is 4.17. The minimum absolute atomic E-state index is 0.361. The minimum atomic E-state index is -0.972. The van der Waals surface area contributed by atoms with Gasteiger partial charge in [0.25, 0.3) is 0 Å². The van der Waals surface area contributed by atoms with Crippen LogP contribution in [0, 0.1) is 5.82 Å². The molecule has 1 aromatic rings. The van der Waals surface area contributed by atoms with Crippen LogP contribution in [0.3, 0.4) is 0 Å². The summed E-state index contributed by atoms with van der Waals surface area (Å²) in [7, 11) is 0.640. The second-order valence-corrected chi connectivity index (χ2v) is 5.05. The Morgan fingerprint density at radius 1 is 1.50 bits per heavy atom. The lowest BCUT2D eigenvalue weighted by molar-refractivity contribution is 0.200. The van der Waals surface area contributed by atoms with E-state index in [0.29, 0.717) is 23.8 Å². The lowest BCUT2D eigenvalue weighted by atomic mass is 10.2. The average Bonchev–Trinajstić information content (AvgIpc) is 2.23. The molecular formula is C11H16FNO2S. The molecule has 1 atom stereocenters. The molecule has 0 radical (unpaired) electrons. The molecule has 0 saturated carbocycles. The topological polar surface area (TPSA) is 52.3 Å². The molecule has 1 rings (SSSR count). The lowest BCUT2D eigenvalue weighted by Crippen LogP contribution is -2.05. The molecule has 0 spiro atoms. The first-order chi connectivity index (χ1) is 7.63. The molecule has 16 heavy (non-hydrogen) atoms. The maximum absolute atomic E-state index is 12.8. The molecule has 0 amide bonds. The smallest absolute Gasteiger partial charge is 0.125 e. The van der Waals surface area contributed by atoms with Crippen molar-refractivity contribution in [3.63, 3.8) is 0 Å². The standard InChI is InChI=1S/C11H16FNO2S/c1-15-5-2-6-16(14)8-9-3-4-10(12)7-11(9)13/h3-4,7H,2,5-6,8,13H2,1H3. The zero-order chi connectivity index (χ0) is 12.0. The second kappa shape index (κ2) is 6.60. The Hall–Kier alpha value is -0.940. The fraction of sp³-hybridized carbons (Fsp3) is 0.455. The molecule has 0 aliphatic rings. The highest BCUT2D eigenvalue weighted by molar-refractivity contribution is 7.84. The van der Waals surface area contributed by atoms with Gasteiger partial charge in [0, 0.05) is 36.0 Å². The van der Waals surface area contributed by atoms with Crippen molar-refractivity contribution in [2.45, 2.75) is 12.2 Å². The van der Waals surface area contributed by atoms with E-state index >= 15 is 0 Å². The second-order valence-electron chi connectivity index (χ2n) is 3.48. The van der Waals surface area contributed by atoms with Crippen molar-refractivity contribution >= 4 is 16.5 Å². The third kappa shape index (κ3) is 4.28. The van der Waals surface area contributed by atoms with Gasteiger partial charge in [0.15, 0.2) is 0 Å². The number of hydrogen-bond acceptors (Lipinski definition) is 3. The highest BCUT2D eigenvalue weighted by Crippen LogP contribution is 2.15. The molecule has 0 aromatic heterocycles. The van der Waals surface area contributed by atoms with Crippen molar-refractivity contribution in [2.75, 3.05) is 25.2 Å². The predicted molar refractivity (Wildman–Crippen MR) is 64.0 cm³/mol. The van der Waals surface area contributed by atoms with E-state index in [2.05, 4.69) is 0 Å². The Morgan fingerprint density at radius 2 is 2.25 bits per heavy atom. The number of methoxy groups -OCH3 is 1. The van der Waals surface area contributed by atoms with E-state index in [0.717, 1.165) is 12.0 Å². The average molecular weight is 245 g/mol. The van der Waals surface area contributed by atoms with Gasteiger partial charge in [-0.25, -0.2) is 4.39 Å². The van der Waals surface area contributed by atoms with Crippen molar-refractivity contribution in [2.24, 2.45) is 0 Å². The zero-order valence-corrected chi connectivity index (χ0v) is 10.1. The summed E-state index contributed by atoms with van der Waals surface area (Å²) >= 11 is 0. The first-order valence-electron chi connectivity index (χ1n) is 5.01.